The van der Waals surface area contributed by atoms with E-state index in [4.69, 9.17) is 9.47 Å². The van der Waals surface area contributed by atoms with Crippen LogP contribution in [0.4, 0.5) is 0 Å². The topological polar surface area (TPSA) is 71.3 Å². The Hall–Kier alpha value is -3.26. The molecule has 0 aliphatic rings. The molecule has 0 aliphatic carbocycles. The molecule has 0 saturated heterocycles. The SMILES string of the molecule is CCOc1ccc(CCNC(=O)C(C#N)=Cc2ccccc2)cc1OCC. The molecule has 0 fully saturated rings. The summed E-state index contributed by atoms with van der Waals surface area (Å²) in [6.45, 7) is 5.39. The molecule has 0 aromatic heterocycles. The van der Waals surface area contributed by atoms with E-state index in [-0.39, 0.29) is 11.5 Å². The van der Waals surface area contributed by atoms with Crippen molar-refractivity contribution in [3.8, 4) is 17.6 Å². The number of hydrogen-bond acceptors (Lipinski definition) is 4. The van der Waals surface area contributed by atoms with Crippen LogP contribution in [0.3, 0.4) is 0 Å². The molecule has 0 bridgehead atoms. The van der Waals surface area contributed by atoms with E-state index in [0.717, 1.165) is 11.1 Å². The zero-order valence-electron chi connectivity index (χ0n) is 15.7. The van der Waals surface area contributed by atoms with E-state index < -0.39 is 0 Å². The highest BCUT2D eigenvalue weighted by atomic mass is 16.5. The molecule has 0 atom stereocenters. The Morgan fingerprint density at radius 2 is 1.78 bits per heavy atom. The monoisotopic (exact) mass is 364 g/mol. The number of ether oxygens (including phenoxy) is 2. The molecular weight excluding hydrogens is 340 g/mol. The molecule has 0 radical (unpaired) electrons. The number of carbonyl (C=O) groups excluding carboxylic acids is 1. The van der Waals surface area contributed by atoms with E-state index in [0.29, 0.717) is 37.7 Å². The maximum absolute atomic E-state index is 12.2. The van der Waals surface area contributed by atoms with Crippen molar-refractivity contribution >= 4 is 12.0 Å². The van der Waals surface area contributed by atoms with E-state index in [1.165, 1.54) is 0 Å². The van der Waals surface area contributed by atoms with Gasteiger partial charge in [0, 0.05) is 6.54 Å². The Bertz CT molecular complexity index is 823. The highest BCUT2D eigenvalue weighted by Crippen LogP contribution is 2.28. The Kier molecular flexibility index (Phi) is 7.92. The van der Waals surface area contributed by atoms with Gasteiger partial charge >= 0.3 is 0 Å². The molecular formula is C22H24N2O3. The maximum atomic E-state index is 12.2. The van der Waals surface area contributed by atoms with E-state index >= 15 is 0 Å². The summed E-state index contributed by atoms with van der Waals surface area (Å²) >= 11 is 0. The first kappa shape index (κ1) is 20.1. The molecule has 0 aliphatic heterocycles. The van der Waals surface area contributed by atoms with Gasteiger partial charge in [-0.1, -0.05) is 36.4 Å². The minimum Gasteiger partial charge on any atom is -0.490 e. The first-order chi connectivity index (χ1) is 13.2. The van der Waals surface area contributed by atoms with Gasteiger partial charge in [-0.25, -0.2) is 0 Å². The number of amides is 1. The average Bonchev–Trinajstić information content (AvgIpc) is 2.69. The first-order valence-corrected chi connectivity index (χ1v) is 9.01. The Morgan fingerprint density at radius 3 is 2.44 bits per heavy atom. The Morgan fingerprint density at radius 1 is 1.07 bits per heavy atom. The van der Waals surface area contributed by atoms with Gasteiger partial charge in [0.2, 0.25) is 0 Å². The van der Waals surface area contributed by atoms with Crippen LogP contribution in [-0.2, 0) is 11.2 Å². The second kappa shape index (κ2) is 10.7. The Balaban J connectivity index is 1.96. The van der Waals surface area contributed by atoms with Gasteiger partial charge in [0.25, 0.3) is 5.91 Å². The highest BCUT2D eigenvalue weighted by Gasteiger charge is 2.10. The zero-order valence-corrected chi connectivity index (χ0v) is 15.7. The van der Waals surface area contributed by atoms with Crippen molar-refractivity contribution in [2.45, 2.75) is 20.3 Å². The quantitative estimate of drug-likeness (QED) is 0.543. The first-order valence-electron chi connectivity index (χ1n) is 9.01. The van der Waals surface area contributed by atoms with Gasteiger partial charge in [-0.15, -0.1) is 0 Å². The van der Waals surface area contributed by atoms with Crippen LogP contribution >= 0.6 is 0 Å². The number of nitriles is 1. The second-order valence-corrected chi connectivity index (χ2v) is 5.73. The van der Waals surface area contributed by atoms with E-state index in [1.807, 2.05) is 68.4 Å². The van der Waals surface area contributed by atoms with Crippen molar-refractivity contribution in [3.63, 3.8) is 0 Å². The fourth-order valence-electron chi connectivity index (χ4n) is 2.53. The van der Waals surface area contributed by atoms with Crippen LogP contribution in [0.5, 0.6) is 11.5 Å². The van der Waals surface area contributed by atoms with Crippen LogP contribution < -0.4 is 14.8 Å². The number of carbonyl (C=O) groups is 1. The molecule has 5 nitrogen and oxygen atoms in total. The van der Waals surface area contributed by atoms with Crippen LogP contribution in [0, 0.1) is 11.3 Å². The lowest BCUT2D eigenvalue weighted by molar-refractivity contribution is -0.117. The molecule has 0 unspecified atom stereocenters. The lowest BCUT2D eigenvalue weighted by atomic mass is 10.1. The van der Waals surface area contributed by atoms with Gasteiger partial charge in [-0.3, -0.25) is 4.79 Å². The highest BCUT2D eigenvalue weighted by molar-refractivity contribution is 6.01. The van der Waals surface area contributed by atoms with Gasteiger partial charge in [0.15, 0.2) is 11.5 Å². The lowest BCUT2D eigenvalue weighted by Crippen LogP contribution is -2.26. The molecule has 0 saturated carbocycles. The summed E-state index contributed by atoms with van der Waals surface area (Å²) in [6.07, 6.45) is 2.21. The molecule has 1 N–H and O–H groups in total. The fraction of sp³-hybridized carbons (Fsp3) is 0.273. The summed E-state index contributed by atoms with van der Waals surface area (Å²) in [7, 11) is 0. The molecule has 27 heavy (non-hydrogen) atoms. The molecule has 2 aromatic rings. The minimum absolute atomic E-state index is 0.0860. The molecule has 5 heteroatoms. The second-order valence-electron chi connectivity index (χ2n) is 5.73. The van der Waals surface area contributed by atoms with Crippen molar-refractivity contribution < 1.29 is 14.3 Å². The van der Waals surface area contributed by atoms with Crippen molar-refractivity contribution in [2.24, 2.45) is 0 Å². The summed E-state index contributed by atoms with van der Waals surface area (Å²) in [5, 5.41) is 12.0. The number of rotatable bonds is 9. The van der Waals surface area contributed by atoms with Crippen LogP contribution in [0.2, 0.25) is 0 Å². The molecule has 2 rings (SSSR count). The largest absolute Gasteiger partial charge is 0.490 e. The van der Waals surface area contributed by atoms with Crippen LogP contribution in [0.25, 0.3) is 6.08 Å². The lowest BCUT2D eigenvalue weighted by Gasteiger charge is -2.12. The summed E-state index contributed by atoms with van der Waals surface area (Å²) < 4.78 is 11.2. The smallest absolute Gasteiger partial charge is 0.261 e. The van der Waals surface area contributed by atoms with Crippen LogP contribution in [-0.4, -0.2) is 25.7 Å². The van der Waals surface area contributed by atoms with Crippen LogP contribution in [0.1, 0.15) is 25.0 Å². The fourth-order valence-corrected chi connectivity index (χ4v) is 2.53. The predicted octanol–water partition coefficient (Wildman–Crippen LogP) is 3.75. The van der Waals surface area contributed by atoms with E-state index in [1.54, 1.807) is 6.08 Å². The predicted molar refractivity (Wildman–Crippen MR) is 106 cm³/mol. The number of benzene rings is 2. The normalized spacial score (nSPS) is 10.8. The molecule has 0 heterocycles. The third-order valence-electron chi connectivity index (χ3n) is 3.78. The summed E-state index contributed by atoms with van der Waals surface area (Å²) in [5.74, 6) is 1.03. The van der Waals surface area contributed by atoms with E-state index in [2.05, 4.69) is 5.32 Å². The van der Waals surface area contributed by atoms with Gasteiger partial charge in [0.1, 0.15) is 11.6 Å². The van der Waals surface area contributed by atoms with E-state index in [9.17, 15) is 10.1 Å². The molecule has 140 valence electrons. The standard InChI is InChI=1S/C22H24N2O3/c1-3-26-20-11-10-18(15-21(20)27-4-2)12-13-24-22(25)19(16-23)14-17-8-6-5-7-9-17/h5-11,14-15H,3-4,12-13H2,1-2H3,(H,24,25). The zero-order chi connectivity index (χ0) is 19.5. The van der Waals surface area contributed by atoms with Crippen LogP contribution in [0.15, 0.2) is 54.1 Å². The molecule has 1 amide bonds. The van der Waals surface area contributed by atoms with Crippen molar-refractivity contribution in [3.05, 3.63) is 65.2 Å². The third-order valence-corrected chi connectivity index (χ3v) is 3.78. The molecule has 2 aromatic carbocycles. The maximum Gasteiger partial charge on any atom is 0.261 e. The summed E-state index contributed by atoms with van der Waals surface area (Å²) in [6, 6.07) is 17.0. The molecule has 0 spiro atoms. The average molecular weight is 364 g/mol. The van der Waals surface area contributed by atoms with Crippen molar-refractivity contribution in [1.29, 1.82) is 5.26 Å². The number of hydrogen-bond donors (Lipinski definition) is 1. The number of nitrogens with zero attached hydrogens (tertiary/aromatic N) is 1. The van der Waals surface area contributed by atoms with Gasteiger partial charge in [0.05, 0.1) is 13.2 Å². The van der Waals surface area contributed by atoms with Crippen molar-refractivity contribution in [1.82, 2.24) is 5.32 Å². The minimum atomic E-state index is -0.377. The van der Waals surface area contributed by atoms with Gasteiger partial charge < -0.3 is 14.8 Å². The van der Waals surface area contributed by atoms with Gasteiger partial charge in [-0.05, 0) is 49.6 Å². The summed E-state index contributed by atoms with van der Waals surface area (Å²) in [4.78, 5) is 12.2. The third kappa shape index (κ3) is 6.19. The number of nitrogens with one attached hydrogen (secondary N) is 1. The van der Waals surface area contributed by atoms with Gasteiger partial charge in [-0.2, -0.15) is 5.26 Å². The summed E-state index contributed by atoms with van der Waals surface area (Å²) in [5.41, 5.74) is 1.92. The Labute approximate surface area is 160 Å². The van der Waals surface area contributed by atoms with Crippen molar-refractivity contribution in [2.75, 3.05) is 19.8 Å².